The van der Waals surface area contributed by atoms with Gasteiger partial charge in [0.2, 0.25) is 0 Å². The van der Waals surface area contributed by atoms with Crippen molar-refractivity contribution in [3.63, 3.8) is 0 Å². The Balaban J connectivity index is 2.18. The highest BCUT2D eigenvalue weighted by Crippen LogP contribution is 2.11. The molecule has 15 heavy (non-hydrogen) atoms. The van der Waals surface area contributed by atoms with Crippen LogP contribution in [0.4, 0.5) is 4.39 Å². The van der Waals surface area contributed by atoms with Crippen LogP contribution in [-0.2, 0) is 6.42 Å². The Labute approximate surface area is 92.5 Å². The van der Waals surface area contributed by atoms with Crippen LogP contribution >= 0.6 is 11.6 Å². The van der Waals surface area contributed by atoms with Crippen molar-refractivity contribution in [3.8, 4) is 0 Å². The summed E-state index contributed by atoms with van der Waals surface area (Å²) in [5, 5.41) is 0.481. The standard InChI is InChI=1S/C12H9ClFN/c13-12-3-1-2-11(15-12)8-9-4-6-10(14)7-5-9/h1-7H,8H2. The van der Waals surface area contributed by atoms with Crippen molar-refractivity contribution in [1.82, 2.24) is 4.98 Å². The van der Waals surface area contributed by atoms with E-state index in [4.69, 9.17) is 11.6 Å². The molecule has 0 saturated carbocycles. The molecule has 0 unspecified atom stereocenters. The molecule has 0 bridgehead atoms. The van der Waals surface area contributed by atoms with Gasteiger partial charge in [-0.3, -0.25) is 0 Å². The van der Waals surface area contributed by atoms with Gasteiger partial charge >= 0.3 is 0 Å². The fourth-order valence-electron chi connectivity index (χ4n) is 1.36. The number of hydrogen-bond donors (Lipinski definition) is 0. The zero-order valence-electron chi connectivity index (χ0n) is 7.95. The molecule has 3 heteroatoms. The molecule has 0 aliphatic heterocycles. The smallest absolute Gasteiger partial charge is 0.129 e. The molecule has 1 aromatic heterocycles. The molecule has 76 valence electrons. The molecule has 2 aromatic rings. The van der Waals surface area contributed by atoms with E-state index in [1.807, 2.05) is 12.1 Å². The maximum absolute atomic E-state index is 12.7. The fourth-order valence-corrected chi connectivity index (χ4v) is 1.54. The predicted octanol–water partition coefficient (Wildman–Crippen LogP) is 3.46. The summed E-state index contributed by atoms with van der Waals surface area (Å²) < 4.78 is 12.7. The molecule has 0 fully saturated rings. The number of rotatable bonds is 2. The molecule has 0 radical (unpaired) electrons. The van der Waals surface area contributed by atoms with E-state index in [0.717, 1.165) is 11.3 Å². The van der Waals surface area contributed by atoms with E-state index in [2.05, 4.69) is 4.98 Å². The van der Waals surface area contributed by atoms with Gasteiger partial charge in [-0.05, 0) is 29.8 Å². The van der Waals surface area contributed by atoms with Gasteiger partial charge in [-0.15, -0.1) is 0 Å². The molecule has 0 aliphatic rings. The minimum absolute atomic E-state index is 0.224. The molecule has 1 aromatic carbocycles. The molecule has 0 saturated heterocycles. The Morgan fingerprint density at radius 1 is 1.07 bits per heavy atom. The molecule has 0 amide bonds. The third kappa shape index (κ3) is 2.77. The van der Waals surface area contributed by atoms with Gasteiger partial charge in [0, 0.05) is 12.1 Å². The topological polar surface area (TPSA) is 12.9 Å². The largest absolute Gasteiger partial charge is 0.241 e. The zero-order chi connectivity index (χ0) is 10.7. The van der Waals surface area contributed by atoms with Crippen LogP contribution in [0.1, 0.15) is 11.3 Å². The second-order valence-electron chi connectivity index (χ2n) is 3.25. The highest BCUT2D eigenvalue weighted by atomic mass is 35.5. The first-order chi connectivity index (χ1) is 7.24. The molecule has 1 heterocycles. The minimum Gasteiger partial charge on any atom is -0.241 e. The van der Waals surface area contributed by atoms with Gasteiger partial charge < -0.3 is 0 Å². The first kappa shape index (κ1) is 10.1. The number of nitrogens with zero attached hydrogens (tertiary/aromatic N) is 1. The van der Waals surface area contributed by atoms with Gasteiger partial charge in [0.1, 0.15) is 11.0 Å². The Morgan fingerprint density at radius 3 is 2.47 bits per heavy atom. The van der Waals surface area contributed by atoms with Crippen molar-refractivity contribution < 1.29 is 4.39 Å². The van der Waals surface area contributed by atoms with Gasteiger partial charge in [-0.2, -0.15) is 0 Å². The lowest BCUT2D eigenvalue weighted by Gasteiger charge is -2.01. The van der Waals surface area contributed by atoms with E-state index in [0.29, 0.717) is 11.6 Å². The minimum atomic E-state index is -0.224. The van der Waals surface area contributed by atoms with Gasteiger partial charge in [0.05, 0.1) is 0 Å². The van der Waals surface area contributed by atoms with Crippen LogP contribution in [0, 0.1) is 5.82 Å². The van der Waals surface area contributed by atoms with Crippen LogP contribution in [0.5, 0.6) is 0 Å². The molecule has 1 nitrogen and oxygen atoms in total. The Morgan fingerprint density at radius 2 is 1.80 bits per heavy atom. The van der Waals surface area contributed by atoms with E-state index in [1.54, 1.807) is 18.2 Å². The predicted molar refractivity (Wildman–Crippen MR) is 58.5 cm³/mol. The second kappa shape index (κ2) is 4.41. The lowest BCUT2D eigenvalue weighted by atomic mass is 10.1. The number of hydrogen-bond acceptors (Lipinski definition) is 1. The summed E-state index contributed by atoms with van der Waals surface area (Å²) in [5.74, 6) is -0.224. The van der Waals surface area contributed by atoms with Crippen molar-refractivity contribution in [2.75, 3.05) is 0 Å². The van der Waals surface area contributed by atoms with Gasteiger partial charge in [0.25, 0.3) is 0 Å². The quantitative estimate of drug-likeness (QED) is 0.708. The molecular weight excluding hydrogens is 213 g/mol. The Kier molecular flexibility index (Phi) is 2.97. The van der Waals surface area contributed by atoms with Crippen LogP contribution in [0.3, 0.4) is 0 Å². The normalized spacial score (nSPS) is 10.3. The van der Waals surface area contributed by atoms with Crippen molar-refractivity contribution in [2.24, 2.45) is 0 Å². The van der Waals surface area contributed by atoms with Crippen LogP contribution in [0.25, 0.3) is 0 Å². The summed E-state index contributed by atoms with van der Waals surface area (Å²) in [5.41, 5.74) is 1.90. The van der Waals surface area contributed by atoms with Gasteiger partial charge in [-0.25, -0.2) is 9.37 Å². The van der Waals surface area contributed by atoms with E-state index >= 15 is 0 Å². The number of benzene rings is 1. The first-order valence-corrected chi connectivity index (χ1v) is 4.98. The molecular formula is C12H9ClFN. The monoisotopic (exact) mass is 221 g/mol. The Hall–Kier alpha value is -1.41. The van der Waals surface area contributed by atoms with Gasteiger partial charge in [-0.1, -0.05) is 29.8 Å². The summed E-state index contributed by atoms with van der Waals surface area (Å²) in [6, 6.07) is 11.9. The van der Waals surface area contributed by atoms with Crippen LogP contribution < -0.4 is 0 Å². The molecule has 0 N–H and O–H groups in total. The Bertz CT molecular complexity index is 453. The average molecular weight is 222 g/mol. The third-order valence-electron chi connectivity index (χ3n) is 2.07. The van der Waals surface area contributed by atoms with Crippen molar-refractivity contribution in [2.45, 2.75) is 6.42 Å². The SMILES string of the molecule is Fc1ccc(Cc2cccc(Cl)n2)cc1. The molecule has 0 aliphatic carbocycles. The van der Waals surface area contributed by atoms with E-state index in [9.17, 15) is 4.39 Å². The fraction of sp³-hybridized carbons (Fsp3) is 0.0833. The summed E-state index contributed by atoms with van der Waals surface area (Å²) in [6.07, 6.45) is 0.668. The highest BCUT2D eigenvalue weighted by Gasteiger charge is 1.98. The number of halogens is 2. The molecule has 2 rings (SSSR count). The summed E-state index contributed by atoms with van der Waals surface area (Å²) in [7, 11) is 0. The van der Waals surface area contributed by atoms with Gasteiger partial charge in [0.15, 0.2) is 0 Å². The van der Waals surface area contributed by atoms with Crippen LogP contribution in [0.2, 0.25) is 5.15 Å². The number of aromatic nitrogens is 1. The van der Waals surface area contributed by atoms with Crippen molar-refractivity contribution in [3.05, 3.63) is 64.7 Å². The van der Waals surface area contributed by atoms with Crippen LogP contribution in [0.15, 0.2) is 42.5 Å². The number of pyridine rings is 1. The molecule has 0 spiro atoms. The summed E-state index contributed by atoms with van der Waals surface area (Å²) in [6.45, 7) is 0. The van der Waals surface area contributed by atoms with E-state index in [-0.39, 0.29) is 5.82 Å². The average Bonchev–Trinajstić information content (AvgIpc) is 2.22. The van der Waals surface area contributed by atoms with Crippen LogP contribution in [-0.4, -0.2) is 4.98 Å². The zero-order valence-corrected chi connectivity index (χ0v) is 8.71. The third-order valence-corrected chi connectivity index (χ3v) is 2.28. The van der Waals surface area contributed by atoms with Crippen molar-refractivity contribution >= 4 is 11.6 Å². The first-order valence-electron chi connectivity index (χ1n) is 4.60. The lowest BCUT2D eigenvalue weighted by molar-refractivity contribution is 0.627. The lowest BCUT2D eigenvalue weighted by Crippen LogP contribution is -1.92. The molecule has 0 atom stereocenters. The maximum Gasteiger partial charge on any atom is 0.129 e. The maximum atomic E-state index is 12.7. The summed E-state index contributed by atoms with van der Waals surface area (Å²) >= 11 is 5.77. The van der Waals surface area contributed by atoms with Crippen molar-refractivity contribution in [1.29, 1.82) is 0 Å². The second-order valence-corrected chi connectivity index (χ2v) is 3.64. The van der Waals surface area contributed by atoms with E-state index in [1.165, 1.54) is 12.1 Å². The highest BCUT2D eigenvalue weighted by molar-refractivity contribution is 6.29. The summed E-state index contributed by atoms with van der Waals surface area (Å²) in [4.78, 5) is 4.16. The van der Waals surface area contributed by atoms with E-state index < -0.39 is 0 Å².